The van der Waals surface area contributed by atoms with Crippen molar-refractivity contribution < 1.29 is 14.6 Å². The molecule has 0 aromatic heterocycles. The molecule has 0 aliphatic heterocycles. The van der Waals surface area contributed by atoms with Crippen LogP contribution in [0.4, 0.5) is 0 Å². The van der Waals surface area contributed by atoms with Crippen molar-refractivity contribution in [2.24, 2.45) is 11.3 Å². The van der Waals surface area contributed by atoms with Crippen molar-refractivity contribution in [1.82, 2.24) is 0 Å². The van der Waals surface area contributed by atoms with E-state index in [9.17, 15) is 9.90 Å². The molecule has 0 heterocycles. The van der Waals surface area contributed by atoms with E-state index < -0.39 is 16.9 Å². The van der Waals surface area contributed by atoms with Gasteiger partial charge in [-0.15, -0.1) is 6.42 Å². The normalized spacial score (nSPS) is 29.5. The average molecular weight is 383 g/mol. The highest BCUT2D eigenvalue weighted by molar-refractivity contribution is 6.35. The third kappa shape index (κ3) is 3.82. The molecule has 1 aliphatic rings. The Kier molecular flexibility index (Phi) is 5.78. The van der Waals surface area contributed by atoms with Crippen molar-refractivity contribution >= 4 is 29.2 Å². The first-order valence-corrected chi connectivity index (χ1v) is 9.13. The summed E-state index contributed by atoms with van der Waals surface area (Å²) in [5.41, 5.74) is -1.08. The first-order chi connectivity index (χ1) is 11.5. The summed E-state index contributed by atoms with van der Waals surface area (Å²) in [6.07, 6.45) is 6.31. The fourth-order valence-electron chi connectivity index (χ4n) is 3.71. The lowest BCUT2D eigenvalue weighted by Crippen LogP contribution is -2.55. The van der Waals surface area contributed by atoms with Crippen LogP contribution in [-0.4, -0.2) is 22.8 Å². The third-order valence-electron chi connectivity index (χ3n) is 5.38. The van der Waals surface area contributed by atoms with Crippen molar-refractivity contribution in [2.75, 3.05) is 0 Å². The molecular weight excluding hydrogens is 359 g/mol. The molecule has 1 aliphatic carbocycles. The molecule has 3 nitrogen and oxygen atoms in total. The SMILES string of the molecule is C#C[C@@]1(O)[C@@H](C)C[C@H](OC(=O)[C@H](C)c2ccc(Cl)cc2Cl)CC1(C)C. The minimum absolute atomic E-state index is 0.173. The fourth-order valence-corrected chi connectivity index (χ4v) is 4.29. The van der Waals surface area contributed by atoms with Gasteiger partial charge in [0, 0.05) is 21.4 Å². The molecule has 0 unspecified atom stereocenters. The number of aliphatic hydroxyl groups is 1. The van der Waals surface area contributed by atoms with Crippen molar-refractivity contribution in [3.05, 3.63) is 33.8 Å². The highest BCUT2D eigenvalue weighted by Gasteiger charge is 2.52. The maximum Gasteiger partial charge on any atom is 0.313 e. The van der Waals surface area contributed by atoms with E-state index in [0.717, 1.165) is 0 Å². The maximum atomic E-state index is 12.6. The number of terminal acetylenes is 1. The molecule has 25 heavy (non-hydrogen) atoms. The van der Waals surface area contributed by atoms with Gasteiger partial charge in [-0.2, -0.15) is 0 Å². The molecule has 2 rings (SSSR count). The Balaban J connectivity index is 2.12. The zero-order chi connectivity index (χ0) is 19.0. The third-order valence-corrected chi connectivity index (χ3v) is 5.95. The van der Waals surface area contributed by atoms with E-state index >= 15 is 0 Å². The summed E-state index contributed by atoms with van der Waals surface area (Å²) in [5, 5.41) is 11.7. The quantitative estimate of drug-likeness (QED) is 0.601. The smallest absolute Gasteiger partial charge is 0.313 e. The predicted molar refractivity (Wildman–Crippen MR) is 101 cm³/mol. The van der Waals surface area contributed by atoms with Gasteiger partial charge in [-0.25, -0.2) is 0 Å². The Hall–Kier alpha value is -1.21. The number of halogens is 2. The van der Waals surface area contributed by atoms with Crippen LogP contribution in [0.1, 0.15) is 52.0 Å². The molecule has 1 aromatic rings. The minimum atomic E-state index is -1.21. The van der Waals surface area contributed by atoms with E-state index in [1.54, 1.807) is 25.1 Å². The molecule has 1 N–H and O–H groups in total. The number of carbonyl (C=O) groups is 1. The summed E-state index contributed by atoms with van der Waals surface area (Å²) in [6.45, 7) is 7.46. The van der Waals surface area contributed by atoms with Crippen LogP contribution in [0, 0.1) is 23.7 Å². The highest BCUT2D eigenvalue weighted by atomic mass is 35.5. The predicted octanol–water partition coefficient (Wildman–Crippen LogP) is 4.83. The van der Waals surface area contributed by atoms with E-state index in [1.807, 2.05) is 20.8 Å². The Morgan fingerprint density at radius 2 is 2.08 bits per heavy atom. The van der Waals surface area contributed by atoms with Gasteiger partial charge in [-0.05, 0) is 37.5 Å². The molecule has 136 valence electrons. The molecule has 0 radical (unpaired) electrons. The van der Waals surface area contributed by atoms with E-state index in [0.29, 0.717) is 28.5 Å². The molecule has 1 aromatic carbocycles. The maximum absolute atomic E-state index is 12.6. The number of esters is 1. The largest absolute Gasteiger partial charge is 0.462 e. The number of hydrogen-bond donors (Lipinski definition) is 1. The average Bonchev–Trinajstić information content (AvgIpc) is 2.51. The summed E-state index contributed by atoms with van der Waals surface area (Å²) in [7, 11) is 0. The van der Waals surface area contributed by atoms with Gasteiger partial charge in [-0.1, -0.05) is 56.0 Å². The van der Waals surface area contributed by atoms with Gasteiger partial charge in [-0.3, -0.25) is 4.79 Å². The van der Waals surface area contributed by atoms with Crippen LogP contribution in [-0.2, 0) is 9.53 Å². The Morgan fingerprint density at radius 3 is 2.60 bits per heavy atom. The summed E-state index contributed by atoms with van der Waals surface area (Å²) in [5.74, 6) is 1.52. The van der Waals surface area contributed by atoms with E-state index in [4.69, 9.17) is 34.4 Å². The Bertz CT molecular complexity index is 707. The lowest BCUT2D eigenvalue weighted by atomic mass is 9.60. The number of hydrogen-bond acceptors (Lipinski definition) is 3. The topological polar surface area (TPSA) is 46.5 Å². The first-order valence-electron chi connectivity index (χ1n) is 8.37. The van der Waals surface area contributed by atoms with Crippen molar-refractivity contribution in [3.63, 3.8) is 0 Å². The standard InChI is InChI=1S/C20H24Cl2O3/c1-6-20(24)12(2)9-15(11-19(20,4)5)25-18(23)13(3)16-8-7-14(21)10-17(16)22/h1,7-8,10,12-13,15,24H,9,11H2,2-5H3/t12-,13+,15-,20+/m0/s1. The lowest BCUT2D eigenvalue weighted by Gasteiger charge is -2.49. The zero-order valence-corrected chi connectivity index (χ0v) is 16.5. The number of rotatable bonds is 3. The number of carbonyl (C=O) groups excluding carboxylic acids is 1. The molecule has 0 bridgehead atoms. The second-order valence-corrected chi connectivity index (χ2v) is 8.43. The second-order valence-electron chi connectivity index (χ2n) is 7.58. The van der Waals surface area contributed by atoms with Crippen LogP contribution in [0.2, 0.25) is 10.0 Å². The monoisotopic (exact) mass is 382 g/mol. The highest BCUT2D eigenvalue weighted by Crippen LogP contribution is 2.47. The molecule has 0 spiro atoms. The molecule has 1 saturated carbocycles. The molecule has 4 atom stereocenters. The van der Waals surface area contributed by atoms with Crippen molar-refractivity contribution in [3.8, 4) is 12.3 Å². The van der Waals surface area contributed by atoms with Gasteiger partial charge in [0.1, 0.15) is 11.7 Å². The summed E-state index contributed by atoms with van der Waals surface area (Å²) >= 11 is 12.1. The van der Waals surface area contributed by atoms with Gasteiger partial charge in [0.25, 0.3) is 0 Å². The van der Waals surface area contributed by atoms with Gasteiger partial charge >= 0.3 is 5.97 Å². The molecular formula is C20H24Cl2O3. The van der Waals surface area contributed by atoms with Gasteiger partial charge in [0.15, 0.2) is 0 Å². The van der Waals surface area contributed by atoms with Crippen molar-refractivity contribution in [1.29, 1.82) is 0 Å². The number of ether oxygens (including phenoxy) is 1. The fraction of sp³-hybridized carbons (Fsp3) is 0.550. The molecule has 0 amide bonds. The van der Waals surface area contributed by atoms with E-state index in [2.05, 4.69) is 5.92 Å². The number of benzene rings is 1. The molecule has 0 saturated heterocycles. The summed E-state index contributed by atoms with van der Waals surface area (Å²) in [6, 6.07) is 5.05. The minimum Gasteiger partial charge on any atom is -0.462 e. The van der Waals surface area contributed by atoms with Crippen LogP contribution < -0.4 is 0 Å². The van der Waals surface area contributed by atoms with Gasteiger partial charge < -0.3 is 9.84 Å². The van der Waals surface area contributed by atoms with Crippen molar-refractivity contribution in [2.45, 2.75) is 58.2 Å². The van der Waals surface area contributed by atoms with Gasteiger partial charge in [0.05, 0.1) is 5.92 Å². The van der Waals surface area contributed by atoms with Gasteiger partial charge in [0.2, 0.25) is 0 Å². The van der Waals surface area contributed by atoms with E-state index in [1.165, 1.54) is 0 Å². The second kappa shape index (κ2) is 7.19. The summed E-state index contributed by atoms with van der Waals surface area (Å²) in [4.78, 5) is 12.6. The Morgan fingerprint density at radius 1 is 1.44 bits per heavy atom. The van der Waals surface area contributed by atoms with E-state index in [-0.39, 0.29) is 18.0 Å². The van der Waals surface area contributed by atoms with Crippen LogP contribution in [0.5, 0.6) is 0 Å². The molecule has 5 heteroatoms. The van der Waals surface area contributed by atoms with Crippen LogP contribution in [0.15, 0.2) is 18.2 Å². The van der Waals surface area contributed by atoms with Crippen LogP contribution in [0.25, 0.3) is 0 Å². The first kappa shape index (κ1) is 20.1. The zero-order valence-electron chi connectivity index (χ0n) is 15.0. The molecule has 1 fully saturated rings. The van der Waals surface area contributed by atoms with Crippen LogP contribution >= 0.6 is 23.2 Å². The van der Waals surface area contributed by atoms with Crippen LogP contribution in [0.3, 0.4) is 0 Å². The lowest BCUT2D eigenvalue weighted by molar-refractivity contribution is -0.167. The Labute approximate surface area is 159 Å². The summed E-state index contributed by atoms with van der Waals surface area (Å²) < 4.78 is 5.73.